The van der Waals surface area contributed by atoms with E-state index in [9.17, 15) is 4.79 Å². The highest BCUT2D eigenvalue weighted by molar-refractivity contribution is 5.82. The second-order valence-electron chi connectivity index (χ2n) is 6.99. The average molecular weight is 316 g/mol. The van der Waals surface area contributed by atoms with E-state index in [0.717, 1.165) is 23.5 Å². The summed E-state index contributed by atoms with van der Waals surface area (Å²) in [7, 11) is 1.89. The van der Waals surface area contributed by atoms with Crippen LogP contribution in [-0.2, 0) is 11.3 Å². The molecule has 3 atom stereocenters. The van der Waals surface area contributed by atoms with Crippen LogP contribution in [-0.4, -0.2) is 36.7 Å². The molecule has 1 aromatic rings. The van der Waals surface area contributed by atoms with Gasteiger partial charge in [0.05, 0.1) is 6.04 Å². The fourth-order valence-corrected chi connectivity index (χ4v) is 4.17. The van der Waals surface area contributed by atoms with E-state index < -0.39 is 0 Å². The lowest BCUT2D eigenvalue weighted by atomic mass is 9.85. The molecule has 3 unspecified atom stereocenters. The highest BCUT2D eigenvalue weighted by Gasteiger charge is 2.39. The Morgan fingerprint density at radius 3 is 2.96 bits per heavy atom. The molecular formula is C18H24N2O3. The van der Waals surface area contributed by atoms with Crippen LogP contribution in [0.1, 0.15) is 37.7 Å². The van der Waals surface area contributed by atoms with Crippen molar-refractivity contribution in [2.45, 2.75) is 50.7 Å². The molecular weight excluding hydrogens is 292 g/mol. The predicted molar refractivity (Wildman–Crippen MR) is 86.3 cm³/mol. The predicted octanol–water partition coefficient (Wildman–Crippen LogP) is 2.29. The van der Waals surface area contributed by atoms with Gasteiger partial charge in [0, 0.05) is 19.6 Å². The molecule has 5 heteroatoms. The lowest BCUT2D eigenvalue weighted by molar-refractivity contribution is -0.132. The average Bonchev–Trinajstić information content (AvgIpc) is 3.19. The number of benzene rings is 1. The van der Waals surface area contributed by atoms with E-state index in [2.05, 4.69) is 5.32 Å². The second kappa shape index (κ2) is 6.04. The van der Waals surface area contributed by atoms with Crippen molar-refractivity contribution in [3.8, 4) is 11.5 Å². The number of fused-ring (bicyclic) bond motifs is 2. The van der Waals surface area contributed by atoms with E-state index in [-0.39, 0.29) is 18.7 Å². The maximum atomic E-state index is 12.7. The summed E-state index contributed by atoms with van der Waals surface area (Å²) in [4.78, 5) is 14.6. The van der Waals surface area contributed by atoms with Gasteiger partial charge >= 0.3 is 0 Å². The molecule has 1 aromatic carbocycles. The quantitative estimate of drug-likeness (QED) is 0.929. The smallest absolute Gasteiger partial charge is 0.239 e. The summed E-state index contributed by atoms with van der Waals surface area (Å²) in [5.74, 6) is 2.45. The normalized spacial score (nSPS) is 28.5. The van der Waals surface area contributed by atoms with Crippen LogP contribution in [0.4, 0.5) is 0 Å². The molecule has 3 aliphatic rings. The van der Waals surface area contributed by atoms with E-state index in [4.69, 9.17) is 9.47 Å². The lowest BCUT2D eigenvalue weighted by Gasteiger charge is -2.24. The number of rotatable bonds is 3. The van der Waals surface area contributed by atoms with E-state index in [1.165, 1.54) is 25.7 Å². The fourth-order valence-electron chi connectivity index (χ4n) is 4.17. The minimum atomic E-state index is -0.0119. The summed E-state index contributed by atoms with van der Waals surface area (Å²) >= 11 is 0. The molecule has 124 valence electrons. The van der Waals surface area contributed by atoms with Gasteiger partial charge in [-0.1, -0.05) is 18.9 Å². The Morgan fingerprint density at radius 2 is 2.09 bits per heavy atom. The summed E-state index contributed by atoms with van der Waals surface area (Å²) in [6.45, 7) is 0.880. The van der Waals surface area contributed by atoms with Crippen molar-refractivity contribution in [2.75, 3.05) is 13.8 Å². The number of amides is 1. The molecule has 0 radical (unpaired) electrons. The number of ether oxygens (including phenoxy) is 2. The van der Waals surface area contributed by atoms with Crippen molar-refractivity contribution < 1.29 is 14.3 Å². The minimum absolute atomic E-state index is 0.0119. The molecule has 0 bridgehead atoms. The van der Waals surface area contributed by atoms with Crippen LogP contribution in [0, 0.1) is 5.92 Å². The Bertz CT molecular complexity index is 590. The maximum Gasteiger partial charge on any atom is 0.239 e. The van der Waals surface area contributed by atoms with Gasteiger partial charge in [-0.25, -0.2) is 0 Å². The van der Waals surface area contributed by atoms with Gasteiger partial charge in [0.2, 0.25) is 12.7 Å². The molecule has 0 spiro atoms. The zero-order valence-corrected chi connectivity index (χ0v) is 13.6. The van der Waals surface area contributed by atoms with E-state index >= 15 is 0 Å². The summed E-state index contributed by atoms with van der Waals surface area (Å²) in [5.41, 5.74) is 1.07. The number of nitrogens with one attached hydrogen (secondary N) is 1. The van der Waals surface area contributed by atoms with Gasteiger partial charge in [-0.05, 0) is 42.9 Å². The zero-order chi connectivity index (χ0) is 15.8. The highest BCUT2D eigenvalue weighted by atomic mass is 16.7. The first-order chi connectivity index (χ1) is 11.2. The Balaban J connectivity index is 1.39. The molecule has 0 aromatic heterocycles. The van der Waals surface area contributed by atoms with Crippen molar-refractivity contribution in [3.05, 3.63) is 23.8 Å². The van der Waals surface area contributed by atoms with Crippen molar-refractivity contribution >= 4 is 5.91 Å². The third-order valence-corrected chi connectivity index (χ3v) is 5.39. The van der Waals surface area contributed by atoms with Gasteiger partial charge in [0.25, 0.3) is 0 Å². The van der Waals surface area contributed by atoms with Gasteiger partial charge in [-0.15, -0.1) is 0 Å². The minimum Gasteiger partial charge on any atom is -0.454 e. The maximum absolute atomic E-state index is 12.7. The molecule has 1 amide bonds. The number of hydrogen-bond acceptors (Lipinski definition) is 4. The number of carbonyl (C=O) groups excluding carboxylic acids is 1. The molecule has 1 saturated carbocycles. The SMILES string of the molecule is CN(Cc1ccc2c(c1)OCO2)C(=O)C1CC2CCCCC2N1. The Hall–Kier alpha value is -1.75. The molecule has 2 fully saturated rings. The van der Waals surface area contributed by atoms with Crippen LogP contribution in [0.25, 0.3) is 0 Å². The van der Waals surface area contributed by atoms with Crippen molar-refractivity contribution in [3.63, 3.8) is 0 Å². The molecule has 4 rings (SSSR count). The van der Waals surface area contributed by atoms with Crippen molar-refractivity contribution in [1.82, 2.24) is 10.2 Å². The Labute approximate surface area is 136 Å². The van der Waals surface area contributed by atoms with E-state index in [1.54, 1.807) is 0 Å². The Kier molecular flexibility index (Phi) is 3.89. The van der Waals surface area contributed by atoms with Crippen LogP contribution in [0.15, 0.2) is 18.2 Å². The highest BCUT2D eigenvalue weighted by Crippen LogP contribution is 2.34. The molecule has 23 heavy (non-hydrogen) atoms. The largest absolute Gasteiger partial charge is 0.454 e. The molecule has 2 aliphatic heterocycles. The second-order valence-corrected chi connectivity index (χ2v) is 6.99. The van der Waals surface area contributed by atoms with Crippen LogP contribution < -0.4 is 14.8 Å². The monoisotopic (exact) mass is 316 g/mol. The number of nitrogens with zero attached hydrogens (tertiary/aromatic N) is 1. The molecule has 5 nitrogen and oxygen atoms in total. The van der Waals surface area contributed by atoms with E-state index in [0.29, 0.717) is 18.5 Å². The number of likely N-dealkylation sites (N-methyl/N-ethyl adjacent to an activating group) is 1. The first-order valence-corrected chi connectivity index (χ1v) is 8.60. The Morgan fingerprint density at radius 1 is 1.26 bits per heavy atom. The standard InChI is InChI=1S/C18H24N2O3/c1-20(10-12-6-7-16-17(8-12)23-11-22-16)18(21)15-9-13-4-2-3-5-14(13)19-15/h6-8,13-15,19H,2-5,9-11H2,1H3. The summed E-state index contributed by atoms with van der Waals surface area (Å²) in [6.07, 6.45) is 6.10. The first-order valence-electron chi connectivity index (χ1n) is 8.60. The van der Waals surface area contributed by atoms with Gasteiger partial charge in [-0.2, -0.15) is 0 Å². The lowest BCUT2D eigenvalue weighted by Crippen LogP contribution is -2.43. The summed E-state index contributed by atoms with van der Waals surface area (Å²) < 4.78 is 10.7. The topological polar surface area (TPSA) is 50.8 Å². The number of hydrogen-bond donors (Lipinski definition) is 1. The van der Waals surface area contributed by atoms with Crippen molar-refractivity contribution in [1.29, 1.82) is 0 Å². The summed E-state index contributed by atoms with van der Waals surface area (Å²) in [5, 5.41) is 3.57. The molecule has 2 heterocycles. The van der Waals surface area contributed by atoms with Crippen LogP contribution in [0.2, 0.25) is 0 Å². The third-order valence-electron chi connectivity index (χ3n) is 5.39. The molecule has 1 N–H and O–H groups in total. The van der Waals surface area contributed by atoms with E-state index in [1.807, 2.05) is 30.1 Å². The zero-order valence-electron chi connectivity index (χ0n) is 13.6. The van der Waals surface area contributed by atoms with Crippen LogP contribution >= 0.6 is 0 Å². The van der Waals surface area contributed by atoms with Gasteiger partial charge < -0.3 is 19.7 Å². The van der Waals surface area contributed by atoms with Crippen LogP contribution in [0.3, 0.4) is 0 Å². The molecule has 1 aliphatic carbocycles. The van der Waals surface area contributed by atoms with Gasteiger partial charge in [-0.3, -0.25) is 4.79 Å². The van der Waals surface area contributed by atoms with Gasteiger partial charge in [0.1, 0.15) is 0 Å². The third kappa shape index (κ3) is 2.90. The van der Waals surface area contributed by atoms with Crippen molar-refractivity contribution in [2.24, 2.45) is 5.92 Å². The fraction of sp³-hybridized carbons (Fsp3) is 0.611. The first kappa shape index (κ1) is 14.8. The number of carbonyl (C=O) groups is 1. The van der Waals surface area contributed by atoms with Gasteiger partial charge in [0.15, 0.2) is 11.5 Å². The van der Waals surface area contributed by atoms with Crippen LogP contribution in [0.5, 0.6) is 11.5 Å². The summed E-state index contributed by atoms with van der Waals surface area (Å²) in [6, 6.07) is 6.42. The molecule has 1 saturated heterocycles.